The SMILES string of the molecule is [2H]c1c([2H])c([2H])c2c([2H])c(-c3ccc(-c4c5c([2H])c([2H])c([2H])c([2H])c5c(-c5c([2H])c([2H])c([2H])c6c([2H])c([2H])c([2H])c([2H])c56)c5c([2H])c([2H])c([2H])c([2H])c45)cc3)c([2H])c([2H])c2c1[2H]. The molecule has 0 radical (unpaired) electrons. The Morgan fingerprint density at radius 2 is 0.825 bits per heavy atom. The molecule has 0 N–H and O–H groups in total. The van der Waals surface area contributed by atoms with Crippen molar-refractivity contribution in [1.29, 1.82) is 0 Å². The van der Waals surface area contributed by atoms with Gasteiger partial charge in [-0.2, -0.15) is 0 Å². The first-order valence-corrected chi connectivity index (χ1v) is 12.1. The van der Waals surface area contributed by atoms with Gasteiger partial charge in [0.2, 0.25) is 0 Å². The second-order valence-electron chi connectivity index (χ2n) is 8.83. The zero-order valence-corrected chi connectivity index (χ0v) is 20.3. The fourth-order valence-electron chi connectivity index (χ4n) is 4.89. The molecule has 8 aromatic carbocycles. The quantitative estimate of drug-likeness (QED) is 0.200. The van der Waals surface area contributed by atoms with Crippen molar-refractivity contribution in [2.45, 2.75) is 0 Å². The topological polar surface area (TPSA) is 0 Å². The maximum atomic E-state index is 9.27. The summed E-state index contributed by atoms with van der Waals surface area (Å²) in [6.45, 7) is 0. The van der Waals surface area contributed by atoms with Gasteiger partial charge in [0.05, 0.1) is 30.2 Å². The summed E-state index contributed by atoms with van der Waals surface area (Å²) in [7, 11) is 0. The van der Waals surface area contributed by atoms with E-state index in [1.165, 1.54) is 24.3 Å². The lowest BCUT2D eigenvalue weighted by atomic mass is 9.84. The Balaban J connectivity index is 1.59. The molecular weight excluding hydrogens is 480 g/mol. The van der Waals surface area contributed by atoms with Crippen molar-refractivity contribution in [3.63, 3.8) is 0 Å². The van der Waals surface area contributed by atoms with Crippen LogP contribution in [-0.2, 0) is 0 Å². The van der Waals surface area contributed by atoms with Crippen LogP contribution in [0.3, 0.4) is 0 Å². The fraction of sp³-hybridized carbons (Fsp3) is 0. The molecule has 0 nitrogen and oxygen atoms in total. The molecule has 0 saturated carbocycles. The molecule has 0 bridgehead atoms. The number of hydrogen-bond donors (Lipinski definition) is 0. The Kier molecular flexibility index (Phi) is 2.25. The molecule has 0 unspecified atom stereocenters. The molecule has 0 saturated heterocycles. The lowest BCUT2D eigenvalue weighted by Gasteiger charge is -2.19. The van der Waals surface area contributed by atoms with Crippen molar-refractivity contribution in [2.24, 2.45) is 0 Å². The molecular formula is C40H26. The van der Waals surface area contributed by atoms with E-state index in [0.717, 1.165) is 0 Å². The molecule has 0 atom stereocenters. The van der Waals surface area contributed by atoms with Crippen LogP contribution in [0.1, 0.15) is 30.2 Å². The molecule has 8 rings (SSSR count). The summed E-state index contributed by atoms with van der Waals surface area (Å²) in [5.41, 5.74) is -1.18. The van der Waals surface area contributed by atoms with E-state index in [9.17, 15) is 6.85 Å². The molecule has 0 fully saturated rings. The molecule has 0 aliphatic carbocycles. The highest BCUT2D eigenvalue weighted by atomic mass is 14.2. The van der Waals surface area contributed by atoms with Gasteiger partial charge < -0.3 is 0 Å². The fourth-order valence-corrected chi connectivity index (χ4v) is 4.89. The summed E-state index contributed by atoms with van der Waals surface area (Å²) in [4.78, 5) is 0. The minimum atomic E-state index is -0.831. The summed E-state index contributed by atoms with van der Waals surface area (Å²) >= 11 is 0. The van der Waals surface area contributed by atoms with Crippen LogP contribution in [0.25, 0.3) is 76.5 Å². The third-order valence-corrected chi connectivity index (χ3v) is 6.65. The summed E-state index contributed by atoms with van der Waals surface area (Å²) in [6.07, 6.45) is 0. The normalized spacial score (nSPS) is 19.2. The average Bonchev–Trinajstić information content (AvgIpc) is 3.25. The van der Waals surface area contributed by atoms with Gasteiger partial charge in [0, 0.05) is 0 Å². The van der Waals surface area contributed by atoms with Gasteiger partial charge in [0.25, 0.3) is 0 Å². The highest BCUT2D eigenvalue weighted by Gasteiger charge is 2.17. The van der Waals surface area contributed by atoms with Crippen molar-refractivity contribution < 1.29 is 30.2 Å². The number of rotatable bonds is 3. The average molecular weight is 529 g/mol. The number of fused-ring (bicyclic) bond motifs is 4. The predicted octanol–water partition coefficient (Wildman–Crippen LogP) is 11.3. The van der Waals surface area contributed by atoms with E-state index in [1.807, 2.05) is 0 Å². The van der Waals surface area contributed by atoms with Crippen LogP contribution in [0.15, 0.2) is 157 Å². The Labute approximate surface area is 264 Å². The van der Waals surface area contributed by atoms with Gasteiger partial charge in [-0.15, -0.1) is 0 Å². The maximum Gasteiger partial charge on any atom is 0.0636 e. The summed E-state index contributed by atoms with van der Waals surface area (Å²) < 4.78 is 192. The third-order valence-electron chi connectivity index (χ3n) is 6.65. The molecule has 186 valence electrons. The molecule has 0 amide bonds. The zero-order valence-electron chi connectivity index (χ0n) is 42.3. The van der Waals surface area contributed by atoms with Gasteiger partial charge in [-0.05, 0) is 82.5 Å². The van der Waals surface area contributed by atoms with Gasteiger partial charge >= 0.3 is 0 Å². The van der Waals surface area contributed by atoms with E-state index in [0.29, 0.717) is 0 Å². The van der Waals surface area contributed by atoms with Gasteiger partial charge in [0.15, 0.2) is 0 Å². The summed E-state index contributed by atoms with van der Waals surface area (Å²) in [6, 6.07) is -10.2. The summed E-state index contributed by atoms with van der Waals surface area (Å²) in [5, 5.41) is -3.16. The van der Waals surface area contributed by atoms with Gasteiger partial charge in [-0.3, -0.25) is 0 Å². The van der Waals surface area contributed by atoms with Gasteiger partial charge in [-0.1, -0.05) is 151 Å². The van der Waals surface area contributed by atoms with Crippen molar-refractivity contribution in [1.82, 2.24) is 0 Å². The smallest absolute Gasteiger partial charge is 0.0616 e. The molecule has 0 aliphatic heterocycles. The first kappa shape index (κ1) is 9.77. The van der Waals surface area contributed by atoms with E-state index in [2.05, 4.69) is 0 Å². The van der Waals surface area contributed by atoms with Crippen molar-refractivity contribution in [3.05, 3.63) is 157 Å². The minimum absolute atomic E-state index is 0.0674. The Morgan fingerprint density at radius 3 is 1.50 bits per heavy atom. The van der Waals surface area contributed by atoms with Crippen LogP contribution >= 0.6 is 0 Å². The molecule has 0 aliphatic rings. The Hall–Kier alpha value is -5.20. The van der Waals surface area contributed by atoms with Crippen molar-refractivity contribution >= 4 is 43.1 Å². The van der Waals surface area contributed by atoms with Crippen LogP contribution in [0, 0.1) is 0 Å². The molecule has 0 aromatic heterocycles. The number of benzene rings is 8. The monoisotopic (exact) mass is 528 g/mol. The molecule has 0 spiro atoms. The van der Waals surface area contributed by atoms with Crippen LogP contribution < -0.4 is 0 Å². The number of hydrogen-bond acceptors (Lipinski definition) is 0. The van der Waals surface area contributed by atoms with E-state index in [1.54, 1.807) is 0 Å². The second kappa shape index (κ2) is 9.22. The lowest BCUT2D eigenvalue weighted by Crippen LogP contribution is -1.91. The maximum absolute atomic E-state index is 9.27. The molecule has 0 heterocycles. The van der Waals surface area contributed by atoms with E-state index in [-0.39, 0.29) is 43.8 Å². The third kappa shape index (κ3) is 3.61. The Morgan fingerprint density at radius 1 is 0.325 bits per heavy atom. The molecule has 40 heavy (non-hydrogen) atoms. The van der Waals surface area contributed by atoms with E-state index >= 15 is 0 Å². The zero-order chi connectivity index (χ0) is 45.6. The standard InChI is InChI=1S/C40H26/c1-2-12-31-26-32(25-22-27(31)10-1)28-20-23-30(24-21-28)39-35-15-5-7-17-37(35)40(38-18-8-6-16-36(38)39)34-19-9-13-29-11-3-4-14-33(29)34/h1-26H/i1D,2D,3D,4D,5D,6D,7D,8D,9D,10D,11D,12D,13D,14D,15D,16D,17D,18D,19D,22D,25D,26D. The van der Waals surface area contributed by atoms with E-state index < -0.39 is 166 Å². The van der Waals surface area contributed by atoms with Crippen LogP contribution in [0.4, 0.5) is 0 Å². The van der Waals surface area contributed by atoms with E-state index in [4.69, 9.17) is 23.3 Å². The van der Waals surface area contributed by atoms with Gasteiger partial charge in [0.1, 0.15) is 0 Å². The molecule has 0 heteroatoms. The largest absolute Gasteiger partial charge is 0.0636 e. The van der Waals surface area contributed by atoms with Crippen LogP contribution in [-0.4, -0.2) is 0 Å². The van der Waals surface area contributed by atoms with Crippen LogP contribution in [0.5, 0.6) is 0 Å². The summed E-state index contributed by atoms with van der Waals surface area (Å²) in [5.74, 6) is 0. The van der Waals surface area contributed by atoms with Crippen molar-refractivity contribution in [2.75, 3.05) is 0 Å². The lowest BCUT2D eigenvalue weighted by molar-refractivity contribution is 1.63. The van der Waals surface area contributed by atoms with Crippen molar-refractivity contribution in [3.8, 4) is 33.4 Å². The van der Waals surface area contributed by atoms with Crippen LogP contribution in [0.2, 0.25) is 0 Å². The highest BCUT2D eigenvalue weighted by molar-refractivity contribution is 6.23. The molecule has 8 aromatic rings. The van der Waals surface area contributed by atoms with Gasteiger partial charge in [-0.25, -0.2) is 0 Å². The first-order chi connectivity index (χ1) is 29.0. The Bertz CT molecular complexity index is 3320. The minimum Gasteiger partial charge on any atom is -0.0616 e. The predicted molar refractivity (Wildman–Crippen MR) is 173 cm³/mol. The first-order valence-electron chi connectivity index (χ1n) is 23.1. The second-order valence-corrected chi connectivity index (χ2v) is 8.83. The highest BCUT2D eigenvalue weighted by Crippen LogP contribution is 2.45.